The molecule has 2 heterocycles. The summed E-state index contributed by atoms with van der Waals surface area (Å²) in [6.07, 6.45) is 8.55. The van der Waals surface area contributed by atoms with Gasteiger partial charge in [-0.2, -0.15) is 0 Å². The van der Waals surface area contributed by atoms with Crippen molar-refractivity contribution in [1.82, 2.24) is 15.0 Å². The first kappa shape index (κ1) is 33.7. The van der Waals surface area contributed by atoms with E-state index < -0.39 is 0 Å². The maximum absolute atomic E-state index is 7.00. The van der Waals surface area contributed by atoms with Crippen LogP contribution in [0.3, 0.4) is 0 Å². The number of pyridine rings is 1. The number of benzene rings is 2. The van der Waals surface area contributed by atoms with E-state index in [-0.39, 0.29) is 0 Å². The number of nitrogens with zero attached hydrogens (tertiary/aromatic N) is 3. The Hall–Kier alpha value is -3.35. The lowest BCUT2D eigenvalue weighted by molar-refractivity contribution is 0.399. The molecule has 0 saturated heterocycles. The molecule has 0 radical (unpaired) electrons. The molecule has 4 aromatic rings. The first-order valence-electron chi connectivity index (χ1n) is 13.5. The Morgan fingerprint density at radius 3 is 1.97 bits per heavy atom. The van der Waals surface area contributed by atoms with Gasteiger partial charge in [-0.3, -0.25) is 4.98 Å². The molecule has 2 aromatic carbocycles. The molecule has 0 spiro atoms. The summed E-state index contributed by atoms with van der Waals surface area (Å²) in [5.74, 6) is 0.822. The summed E-state index contributed by atoms with van der Waals surface area (Å²) < 4.78 is 0. The van der Waals surface area contributed by atoms with Crippen LogP contribution in [0.25, 0.3) is 11.4 Å². The van der Waals surface area contributed by atoms with Crippen molar-refractivity contribution in [3.05, 3.63) is 106 Å². The number of rotatable bonds is 8. The van der Waals surface area contributed by atoms with E-state index >= 15 is 0 Å². The topological polar surface area (TPSA) is 82.8 Å². The molecule has 0 aliphatic heterocycles. The fourth-order valence-corrected chi connectivity index (χ4v) is 4.68. The van der Waals surface area contributed by atoms with Crippen molar-refractivity contribution in [3.8, 4) is 11.4 Å². The normalized spacial score (nSPS) is 9.74. The predicted molar refractivity (Wildman–Crippen MR) is 168 cm³/mol. The van der Waals surface area contributed by atoms with Crippen molar-refractivity contribution < 1.29 is 5.11 Å². The Labute approximate surface area is 240 Å². The fraction of sp³-hybridized carbons (Fsp3) is 0.333. The monoisotopic (exact) mass is 544 g/mol. The van der Waals surface area contributed by atoms with Gasteiger partial charge in [-0.05, 0) is 86.6 Å². The summed E-state index contributed by atoms with van der Waals surface area (Å²) in [6.45, 7) is 12.9. The zero-order valence-electron chi connectivity index (χ0n) is 24.3. The van der Waals surface area contributed by atoms with Crippen LogP contribution in [0, 0.1) is 19.3 Å². The van der Waals surface area contributed by atoms with Gasteiger partial charge in [0.2, 0.25) is 0 Å². The Morgan fingerprint density at radius 1 is 0.795 bits per heavy atom. The van der Waals surface area contributed by atoms with Crippen molar-refractivity contribution in [2.75, 3.05) is 7.11 Å². The molecule has 0 saturated carbocycles. The summed E-state index contributed by atoms with van der Waals surface area (Å²) >= 11 is 4.65. The van der Waals surface area contributed by atoms with E-state index in [2.05, 4.69) is 98.6 Å². The molecule has 5 nitrogen and oxygen atoms in total. The van der Waals surface area contributed by atoms with E-state index in [1.807, 2.05) is 32.3 Å². The molecule has 0 amide bonds. The van der Waals surface area contributed by atoms with Crippen molar-refractivity contribution in [2.24, 2.45) is 0 Å². The molecule has 6 heteroatoms. The van der Waals surface area contributed by atoms with Crippen molar-refractivity contribution in [1.29, 1.82) is 5.41 Å². The lowest BCUT2D eigenvalue weighted by Crippen LogP contribution is -2.04. The molecule has 0 atom stereocenters. The summed E-state index contributed by atoms with van der Waals surface area (Å²) in [5, 5.41) is 12.5. The van der Waals surface area contributed by atoms with Crippen molar-refractivity contribution >= 4 is 19.3 Å². The van der Waals surface area contributed by atoms with E-state index in [4.69, 9.17) is 15.5 Å². The third-order valence-corrected chi connectivity index (χ3v) is 6.84. The Bertz CT molecular complexity index is 1280. The van der Waals surface area contributed by atoms with Crippen LogP contribution in [0.5, 0.6) is 0 Å². The van der Waals surface area contributed by atoms with Gasteiger partial charge in [0.15, 0.2) is 5.82 Å². The summed E-state index contributed by atoms with van der Waals surface area (Å²) in [7, 11) is 1.00. The standard InChI is InChI=1S/C29H31N3S.C2H6.CH3N.CH4O/c1-4-22-9-7-8-12-27(22)29-30-18-17-25(32-29)15-13-23-10-5-6-11-24(23)14-16-26-20(2)21(3)31-19-28(26)33;3*1-2/h5-12,17-19,33H,4,13-16H2,1-3H3;1-2H3;2H,1H2;2H,1H3. The molecule has 2 N–H and O–H groups in total. The van der Waals surface area contributed by atoms with Gasteiger partial charge in [0, 0.05) is 41.4 Å². The largest absolute Gasteiger partial charge is 0.400 e. The minimum absolute atomic E-state index is 0.822. The van der Waals surface area contributed by atoms with Gasteiger partial charge in [0.25, 0.3) is 0 Å². The van der Waals surface area contributed by atoms with Gasteiger partial charge in [0.1, 0.15) is 0 Å². The number of hydrogen-bond donors (Lipinski definition) is 3. The zero-order chi connectivity index (χ0) is 29.2. The molecule has 2 aromatic heterocycles. The Balaban J connectivity index is 0.00000119. The van der Waals surface area contributed by atoms with Crippen LogP contribution < -0.4 is 0 Å². The van der Waals surface area contributed by atoms with E-state index in [1.54, 1.807) is 0 Å². The molecule has 39 heavy (non-hydrogen) atoms. The Morgan fingerprint density at radius 2 is 1.36 bits per heavy atom. The van der Waals surface area contributed by atoms with Crippen LogP contribution in [0.15, 0.2) is 71.9 Å². The quantitative estimate of drug-likeness (QED) is 0.159. The average molecular weight is 545 g/mol. The third-order valence-electron chi connectivity index (χ3n) is 6.45. The molecule has 0 unspecified atom stereocenters. The number of thiol groups is 1. The summed E-state index contributed by atoms with van der Waals surface area (Å²) in [5.41, 5.74) is 9.91. The van der Waals surface area contributed by atoms with Gasteiger partial charge in [-0.15, -0.1) is 12.6 Å². The molecule has 4 rings (SSSR count). The number of aliphatic hydroxyl groups is 1. The van der Waals surface area contributed by atoms with E-state index in [1.165, 1.54) is 27.8 Å². The lowest BCUT2D eigenvalue weighted by Gasteiger charge is -2.13. The fourth-order valence-electron chi connectivity index (χ4n) is 4.34. The highest BCUT2D eigenvalue weighted by Crippen LogP contribution is 2.24. The van der Waals surface area contributed by atoms with E-state index in [0.29, 0.717) is 0 Å². The zero-order valence-corrected chi connectivity index (χ0v) is 25.2. The highest BCUT2D eigenvalue weighted by atomic mass is 32.1. The molecule has 0 fully saturated rings. The number of aliphatic hydroxyl groups excluding tert-OH is 1. The third kappa shape index (κ3) is 9.72. The van der Waals surface area contributed by atoms with Gasteiger partial charge >= 0.3 is 0 Å². The minimum Gasteiger partial charge on any atom is -0.400 e. The molecular formula is C33H44N4OS. The predicted octanol–water partition coefficient (Wildman–Crippen LogP) is 7.48. The van der Waals surface area contributed by atoms with Crippen LogP contribution >= 0.6 is 12.6 Å². The van der Waals surface area contributed by atoms with Crippen LogP contribution in [-0.4, -0.2) is 33.9 Å². The first-order valence-corrected chi connectivity index (χ1v) is 13.9. The summed E-state index contributed by atoms with van der Waals surface area (Å²) in [4.78, 5) is 14.9. The SMILES string of the molecule is C=N.CC.CCc1ccccc1-c1nccc(CCc2ccccc2CCc2c(S)cnc(C)c2C)n1.CO. The number of aryl methyl sites for hydroxylation is 5. The molecule has 0 bridgehead atoms. The molecule has 0 aliphatic rings. The second-order valence-electron chi connectivity index (χ2n) is 8.48. The number of hydrogen-bond acceptors (Lipinski definition) is 6. The second kappa shape index (κ2) is 18.8. The van der Waals surface area contributed by atoms with E-state index in [9.17, 15) is 0 Å². The van der Waals surface area contributed by atoms with E-state index in [0.717, 1.165) is 66.9 Å². The van der Waals surface area contributed by atoms with Crippen LogP contribution in [0.1, 0.15) is 60.0 Å². The average Bonchev–Trinajstić information content (AvgIpc) is 3.01. The van der Waals surface area contributed by atoms with Gasteiger partial charge in [-0.25, -0.2) is 9.97 Å². The first-order chi connectivity index (χ1) is 19.1. The number of aromatic nitrogens is 3. The van der Waals surface area contributed by atoms with Crippen LogP contribution in [0.2, 0.25) is 0 Å². The maximum atomic E-state index is 7.00. The summed E-state index contributed by atoms with van der Waals surface area (Å²) in [6, 6.07) is 19.2. The van der Waals surface area contributed by atoms with Crippen LogP contribution in [-0.2, 0) is 32.1 Å². The molecular weight excluding hydrogens is 500 g/mol. The highest BCUT2D eigenvalue weighted by molar-refractivity contribution is 7.80. The van der Waals surface area contributed by atoms with Crippen LogP contribution in [0.4, 0.5) is 0 Å². The van der Waals surface area contributed by atoms with Gasteiger partial charge in [-0.1, -0.05) is 69.3 Å². The minimum atomic E-state index is 0.822. The van der Waals surface area contributed by atoms with Crippen molar-refractivity contribution in [2.45, 2.75) is 71.6 Å². The lowest BCUT2D eigenvalue weighted by atomic mass is 9.95. The Kier molecular flexibility index (Phi) is 16.3. The molecule has 208 valence electrons. The maximum Gasteiger partial charge on any atom is 0.159 e. The second-order valence-corrected chi connectivity index (χ2v) is 8.97. The smallest absolute Gasteiger partial charge is 0.159 e. The number of nitrogens with one attached hydrogen (secondary N) is 1. The van der Waals surface area contributed by atoms with Crippen molar-refractivity contribution in [3.63, 3.8) is 0 Å². The highest BCUT2D eigenvalue weighted by Gasteiger charge is 2.11. The van der Waals surface area contributed by atoms with Gasteiger partial charge < -0.3 is 10.5 Å². The van der Waals surface area contributed by atoms with Gasteiger partial charge in [0.05, 0.1) is 0 Å². The molecule has 0 aliphatic carbocycles.